The second kappa shape index (κ2) is 8.13. The Kier molecular flexibility index (Phi) is 5.51. The van der Waals surface area contributed by atoms with Gasteiger partial charge in [0.15, 0.2) is 11.4 Å². The molecule has 1 N–H and O–H groups in total. The molecule has 0 atom stereocenters. The lowest BCUT2D eigenvalue weighted by molar-refractivity contribution is -0.143. The van der Waals surface area contributed by atoms with Gasteiger partial charge in [0, 0.05) is 12.0 Å². The molecule has 0 unspecified atom stereocenters. The van der Waals surface area contributed by atoms with Crippen LogP contribution in [0, 0.1) is 5.82 Å². The second-order valence-corrected chi connectivity index (χ2v) is 7.71. The predicted molar refractivity (Wildman–Crippen MR) is 105 cm³/mol. The first-order valence-corrected chi connectivity index (χ1v) is 9.93. The van der Waals surface area contributed by atoms with Gasteiger partial charge in [-0.1, -0.05) is 48.4 Å². The number of nitrogens with zero attached hydrogens (tertiary/aromatic N) is 3. The molecular weight excluding hydrogens is 412 g/mol. The lowest BCUT2D eigenvalue weighted by atomic mass is 9.79. The number of rotatable bonds is 5. The van der Waals surface area contributed by atoms with Gasteiger partial charge in [-0.3, -0.25) is 4.79 Å². The monoisotopic (exact) mass is 432 g/mol. The lowest BCUT2D eigenvalue weighted by Crippen LogP contribution is -2.39. The van der Waals surface area contributed by atoms with Crippen LogP contribution < -0.4 is 5.32 Å². The Morgan fingerprint density at radius 3 is 2.29 bits per heavy atom. The van der Waals surface area contributed by atoms with Gasteiger partial charge in [0.25, 0.3) is 5.91 Å². The van der Waals surface area contributed by atoms with Crippen molar-refractivity contribution in [3.8, 4) is 5.69 Å². The molecular formula is C22H20F4N4O. The summed E-state index contributed by atoms with van der Waals surface area (Å²) in [5, 5.41) is 9.68. The summed E-state index contributed by atoms with van der Waals surface area (Å²) in [5.74, 6) is -1.54. The molecule has 0 saturated heterocycles. The number of aromatic nitrogens is 3. The highest BCUT2D eigenvalue weighted by atomic mass is 19.4. The zero-order valence-corrected chi connectivity index (χ0v) is 16.5. The Morgan fingerprint density at radius 2 is 1.68 bits per heavy atom. The number of carbonyl (C=O) groups is 1. The first kappa shape index (κ1) is 21.0. The molecule has 1 amide bonds. The summed E-state index contributed by atoms with van der Waals surface area (Å²) in [4.78, 5) is 12.8. The van der Waals surface area contributed by atoms with E-state index in [2.05, 4.69) is 15.6 Å². The molecule has 1 aromatic heterocycles. The van der Waals surface area contributed by atoms with Crippen molar-refractivity contribution in [3.63, 3.8) is 0 Å². The normalized spacial score (nSPS) is 15.7. The fraction of sp³-hybridized carbons (Fsp3) is 0.318. The van der Waals surface area contributed by atoms with E-state index in [1.165, 1.54) is 0 Å². The van der Waals surface area contributed by atoms with Crippen molar-refractivity contribution in [2.45, 2.75) is 37.3 Å². The van der Waals surface area contributed by atoms with E-state index in [1.807, 2.05) is 30.3 Å². The number of amides is 1. The maximum Gasteiger partial charge on any atom is 0.435 e. The van der Waals surface area contributed by atoms with Crippen molar-refractivity contribution in [3.05, 3.63) is 77.4 Å². The molecule has 31 heavy (non-hydrogen) atoms. The minimum absolute atomic E-state index is 0.0446. The highest BCUT2D eigenvalue weighted by Gasteiger charge is 2.43. The maximum atomic E-state index is 13.8. The van der Waals surface area contributed by atoms with Gasteiger partial charge in [0.1, 0.15) is 5.82 Å². The number of halogens is 4. The molecule has 1 aliphatic rings. The van der Waals surface area contributed by atoms with Crippen molar-refractivity contribution >= 4 is 5.91 Å². The fourth-order valence-corrected chi connectivity index (χ4v) is 4.20. The molecule has 0 bridgehead atoms. The molecule has 0 spiro atoms. The topological polar surface area (TPSA) is 59.8 Å². The Morgan fingerprint density at radius 1 is 1.03 bits per heavy atom. The highest BCUT2D eigenvalue weighted by molar-refractivity contribution is 5.93. The van der Waals surface area contributed by atoms with Gasteiger partial charge >= 0.3 is 6.18 Å². The summed E-state index contributed by atoms with van der Waals surface area (Å²) in [6, 6.07) is 14.0. The van der Waals surface area contributed by atoms with Gasteiger partial charge in [-0.15, -0.1) is 5.10 Å². The molecule has 1 aliphatic carbocycles. The SMILES string of the molecule is O=C(NCC1(c2ccccc2)CCCC1)c1nnn(-c2ccc(F)cc2)c1C(F)(F)F. The summed E-state index contributed by atoms with van der Waals surface area (Å²) in [5.41, 5.74) is -1.41. The largest absolute Gasteiger partial charge is 0.435 e. The first-order chi connectivity index (χ1) is 14.8. The Bertz CT molecular complexity index is 1060. The van der Waals surface area contributed by atoms with Crippen molar-refractivity contribution in [2.75, 3.05) is 6.54 Å². The van der Waals surface area contributed by atoms with E-state index in [9.17, 15) is 22.4 Å². The zero-order valence-electron chi connectivity index (χ0n) is 16.5. The molecule has 1 saturated carbocycles. The van der Waals surface area contributed by atoms with Crippen LogP contribution in [0.4, 0.5) is 17.6 Å². The molecule has 5 nitrogen and oxygen atoms in total. The minimum atomic E-state index is -4.88. The van der Waals surface area contributed by atoms with E-state index in [4.69, 9.17) is 0 Å². The minimum Gasteiger partial charge on any atom is -0.350 e. The summed E-state index contributed by atoms with van der Waals surface area (Å²) >= 11 is 0. The van der Waals surface area contributed by atoms with E-state index in [-0.39, 0.29) is 17.6 Å². The van der Waals surface area contributed by atoms with Crippen LogP contribution in [0.1, 0.15) is 47.4 Å². The van der Waals surface area contributed by atoms with Crippen LogP contribution in [0.5, 0.6) is 0 Å². The van der Waals surface area contributed by atoms with Crippen molar-refractivity contribution in [2.24, 2.45) is 0 Å². The Hall–Kier alpha value is -3.23. The van der Waals surface area contributed by atoms with Crippen LogP contribution in [-0.4, -0.2) is 27.4 Å². The Balaban J connectivity index is 1.62. The van der Waals surface area contributed by atoms with Crippen LogP contribution in [0.3, 0.4) is 0 Å². The summed E-state index contributed by atoms with van der Waals surface area (Å²) in [6.07, 6.45) is -1.23. The molecule has 2 aromatic carbocycles. The van der Waals surface area contributed by atoms with Crippen molar-refractivity contribution in [1.82, 2.24) is 20.3 Å². The third-order valence-electron chi connectivity index (χ3n) is 5.76. The standard InChI is InChI=1S/C22H20F4N4O/c23-16-8-10-17(11-9-16)30-19(22(24,25)26)18(28-29-30)20(31)27-14-21(12-4-5-13-21)15-6-2-1-3-7-15/h1-3,6-11H,4-5,12-14H2,(H,27,31). The Labute approximate surface area is 176 Å². The lowest BCUT2D eigenvalue weighted by Gasteiger charge is -2.30. The highest BCUT2D eigenvalue weighted by Crippen LogP contribution is 2.40. The van der Waals surface area contributed by atoms with Crippen LogP contribution in [0.15, 0.2) is 54.6 Å². The molecule has 3 aromatic rings. The van der Waals surface area contributed by atoms with Crippen LogP contribution in [0.25, 0.3) is 5.69 Å². The molecule has 9 heteroatoms. The summed E-state index contributed by atoms with van der Waals surface area (Å²) in [6.45, 7) is 0.205. The maximum absolute atomic E-state index is 13.8. The summed E-state index contributed by atoms with van der Waals surface area (Å²) in [7, 11) is 0. The number of carbonyl (C=O) groups excluding carboxylic acids is 1. The molecule has 0 radical (unpaired) electrons. The molecule has 1 fully saturated rings. The van der Waals surface area contributed by atoms with Crippen LogP contribution >= 0.6 is 0 Å². The van der Waals surface area contributed by atoms with Crippen molar-refractivity contribution in [1.29, 1.82) is 0 Å². The predicted octanol–water partition coefficient (Wildman–Crippen LogP) is 4.67. The van der Waals surface area contributed by atoms with Gasteiger partial charge in [0.2, 0.25) is 0 Å². The van der Waals surface area contributed by atoms with Crippen molar-refractivity contribution < 1.29 is 22.4 Å². The molecule has 1 heterocycles. The number of benzene rings is 2. The average Bonchev–Trinajstić information content (AvgIpc) is 3.41. The average molecular weight is 432 g/mol. The molecule has 0 aliphatic heterocycles. The van der Waals surface area contributed by atoms with E-state index in [1.54, 1.807) is 0 Å². The summed E-state index contributed by atoms with van der Waals surface area (Å²) < 4.78 is 55.1. The second-order valence-electron chi connectivity index (χ2n) is 7.71. The third-order valence-corrected chi connectivity index (χ3v) is 5.76. The van der Waals surface area contributed by atoms with Gasteiger partial charge in [-0.2, -0.15) is 13.2 Å². The van der Waals surface area contributed by atoms with Gasteiger partial charge in [0.05, 0.1) is 5.69 Å². The number of hydrogen-bond donors (Lipinski definition) is 1. The smallest absolute Gasteiger partial charge is 0.350 e. The quantitative estimate of drug-likeness (QED) is 0.597. The van der Waals surface area contributed by atoms with E-state index in [0.29, 0.717) is 4.68 Å². The van der Waals surface area contributed by atoms with Crippen LogP contribution in [-0.2, 0) is 11.6 Å². The van der Waals surface area contributed by atoms with Crippen LogP contribution in [0.2, 0.25) is 0 Å². The van der Waals surface area contributed by atoms with Gasteiger partial charge in [-0.25, -0.2) is 9.07 Å². The van der Waals surface area contributed by atoms with E-state index < -0.39 is 29.3 Å². The number of alkyl halides is 3. The molecule has 162 valence electrons. The van der Waals surface area contributed by atoms with Gasteiger partial charge < -0.3 is 5.32 Å². The van der Waals surface area contributed by atoms with Gasteiger partial charge in [-0.05, 0) is 42.7 Å². The van der Waals surface area contributed by atoms with E-state index in [0.717, 1.165) is 55.5 Å². The molecule has 4 rings (SSSR count). The number of nitrogens with one attached hydrogen (secondary N) is 1. The first-order valence-electron chi connectivity index (χ1n) is 9.93. The number of hydrogen-bond acceptors (Lipinski definition) is 3. The zero-order chi connectivity index (χ0) is 22.1. The fourth-order valence-electron chi connectivity index (χ4n) is 4.20. The third kappa shape index (κ3) is 4.17. The van der Waals surface area contributed by atoms with E-state index >= 15 is 0 Å².